The van der Waals surface area contributed by atoms with Gasteiger partial charge in [0.25, 0.3) is 0 Å². The number of carbonyl (C=O) groups excluding carboxylic acids is 3. The lowest BCUT2D eigenvalue weighted by atomic mass is 9.94. The fraction of sp³-hybridized carbons (Fsp3) is 0.700. The number of carbonyl (C=O) groups is 3. The number of unbranched alkanes of at least 4 members (excludes halogenated alkanes) is 1. The maximum Gasteiger partial charge on any atom is 0.408 e. The molecule has 7 nitrogen and oxygen atoms in total. The van der Waals surface area contributed by atoms with Crippen molar-refractivity contribution in [1.82, 2.24) is 15.5 Å². The van der Waals surface area contributed by atoms with E-state index in [2.05, 4.69) is 30.5 Å². The summed E-state index contributed by atoms with van der Waals surface area (Å²) in [6, 6.07) is 4.39. The smallest absolute Gasteiger partial charge is 0.408 e. The molecule has 1 aromatic rings. The van der Waals surface area contributed by atoms with Gasteiger partial charge in [0.05, 0.1) is 0 Å². The Bertz CT molecular complexity index is 873. The molecule has 0 aliphatic rings. The molecule has 0 heterocycles. The Hall–Kier alpha value is -2.57. The van der Waals surface area contributed by atoms with Crippen LogP contribution in [0.3, 0.4) is 0 Å². The van der Waals surface area contributed by atoms with Crippen LogP contribution in [0.1, 0.15) is 110 Å². The Labute approximate surface area is 225 Å². The van der Waals surface area contributed by atoms with E-state index in [0.29, 0.717) is 13.0 Å². The normalized spacial score (nSPS) is 14.8. The molecule has 2 N–H and O–H groups in total. The number of nitrogens with one attached hydrogen (secondary N) is 2. The van der Waals surface area contributed by atoms with Crippen molar-refractivity contribution in [2.24, 2.45) is 5.92 Å². The van der Waals surface area contributed by atoms with Crippen LogP contribution in [0.25, 0.3) is 0 Å². The molecule has 0 fully saturated rings. The van der Waals surface area contributed by atoms with Crippen LogP contribution in [0.4, 0.5) is 4.79 Å². The number of alkyl carbamates (subject to hydrolysis) is 1. The predicted molar refractivity (Wildman–Crippen MR) is 150 cm³/mol. The summed E-state index contributed by atoms with van der Waals surface area (Å²) in [5.74, 6) is -0.613. The monoisotopic (exact) mass is 517 g/mol. The van der Waals surface area contributed by atoms with Gasteiger partial charge in [0.1, 0.15) is 17.7 Å². The molecule has 4 atom stereocenters. The van der Waals surface area contributed by atoms with Crippen molar-refractivity contribution in [3.63, 3.8) is 0 Å². The summed E-state index contributed by atoms with van der Waals surface area (Å²) in [6.45, 7) is 19.8. The van der Waals surface area contributed by atoms with E-state index in [1.54, 1.807) is 25.7 Å². The summed E-state index contributed by atoms with van der Waals surface area (Å²) in [7, 11) is 0. The van der Waals surface area contributed by atoms with Crippen molar-refractivity contribution in [2.75, 3.05) is 6.54 Å². The highest BCUT2D eigenvalue weighted by Gasteiger charge is 2.38. The highest BCUT2D eigenvalue weighted by molar-refractivity contribution is 5.92. The van der Waals surface area contributed by atoms with E-state index in [4.69, 9.17) is 4.74 Å². The summed E-state index contributed by atoms with van der Waals surface area (Å²) >= 11 is 0. The maximum atomic E-state index is 14.2. The molecule has 0 saturated carbocycles. The molecule has 0 saturated heterocycles. The molecule has 0 aromatic heterocycles. The fourth-order valence-corrected chi connectivity index (χ4v) is 4.46. The van der Waals surface area contributed by atoms with Crippen molar-refractivity contribution < 1.29 is 19.1 Å². The first-order chi connectivity index (χ1) is 17.2. The average Bonchev–Trinajstić information content (AvgIpc) is 2.77. The number of benzene rings is 1. The van der Waals surface area contributed by atoms with E-state index in [9.17, 15) is 14.4 Å². The highest BCUT2D eigenvalue weighted by Crippen LogP contribution is 2.27. The first-order valence-electron chi connectivity index (χ1n) is 13.9. The Kier molecular flexibility index (Phi) is 13.2. The van der Waals surface area contributed by atoms with Gasteiger partial charge in [-0.05, 0) is 65.9 Å². The molecule has 0 aliphatic carbocycles. The van der Waals surface area contributed by atoms with Gasteiger partial charge in [-0.25, -0.2) is 4.79 Å². The molecule has 0 spiro atoms. The third kappa shape index (κ3) is 10.7. The highest BCUT2D eigenvalue weighted by atomic mass is 16.6. The minimum Gasteiger partial charge on any atom is -0.444 e. The van der Waals surface area contributed by atoms with Gasteiger partial charge in [-0.3, -0.25) is 9.59 Å². The van der Waals surface area contributed by atoms with Gasteiger partial charge in [-0.1, -0.05) is 76.3 Å². The van der Waals surface area contributed by atoms with Gasteiger partial charge in [0, 0.05) is 12.6 Å². The molecule has 0 bridgehead atoms. The third-order valence-corrected chi connectivity index (χ3v) is 6.42. The number of nitrogens with zero attached hydrogens (tertiary/aromatic N) is 1. The van der Waals surface area contributed by atoms with Crippen LogP contribution in [0.5, 0.6) is 0 Å². The van der Waals surface area contributed by atoms with Crippen molar-refractivity contribution in [3.05, 3.63) is 34.9 Å². The van der Waals surface area contributed by atoms with Crippen molar-refractivity contribution in [3.8, 4) is 0 Å². The first kappa shape index (κ1) is 32.5. The van der Waals surface area contributed by atoms with Crippen LogP contribution >= 0.6 is 0 Å². The zero-order valence-corrected chi connectivity index (χ0v) is 24.9. The number of rotatable bonds is 13. The average molecular weight is 518 g/mol. The SMILES string of the molecule is CCCCN(C(=O)C(NC(=O)OC(C)(C)C)C(C)CC)C(C(=O)NC(C)CCC)c1cc(C)cc(C)c1. The van der Waals surface area contributed by atoms with E-state index < -0.39 is 23.8 Å². The number of hydrogen-bond acceptors (Lipinski definition) is 4. The van der Waals surface area contributed by atoms with Crippen LogP contribution in [-0.4, -0.2) is 47.0 Å². The van der Waals surface area contributed by atoms with E-state index in [0.717, 1.165) is 42.4 Å². The van der Waals surface area contributed by atoms with E-state index >= 15 is 0 Å². The van der Waals surface area contributed by atoms with Crippen LogP contribution < -0.4 is 10.6 Å². The molecule has 1 aromatic carbocycles. The standard InChI is InChI=1S/C30H51N3O4/c1-11-14-16-33(28(35)25(22(6)13-3)32-29(36)37-30(8,9)10)26(27(34)31-23(7)15-12-2)24-18-20(4)17-21(5)19-24/h17-19,22-23,25-26H,11-16H2,1-10H3,(H,31,34)(H,32,36). The Balaban J connectivity index is 3.57. The van der Waals surface area contributed by atoms with Gasteiger partial charge in [-0.15, -0.1) is 0 Å². The molecular weight excluding hydrogens is 466 g/mol. The lowest BCUT2D eigenvalue weighted by Crippen LogP contribution is -2.55. The second-order valence-corrected chi connectivity index (χ2v) is 11.4. The second-order valence-electron chi connectivity index (χ2n) is 11.4. The Morgan fingerprint density at radius 2 is 1.54 bits per heavy atom. The topological polar surface area (TPSA) is 87.7 Å². The summed E-state index contributed by atoms with van der Waals surface area (Å²) in [6.07, 6.45) is 3.45. The quantitative estimate of drug-likeness (QED) is 0.325. The van der Waals surface area contributed by atoms with Crippen molar-refractivity contribution >= 4 is 17.9 Å². The zero-order chi connectivity index (χ0) is 28.3. The first-order valence-corrected chi connectivity index (χ1v) is 13.9. The Morgan fingerprint density at radius 3 is 2.03 bits per heavy atom. The Morgan fingerprint density at radius 1 is 0.946 bits per heavy atom. The van der Waals surface area contributed by atoms with Crippen molar-refractivity contribution in [2.45, 2.75) is 125 Å². The largest absolute Gasteiger partial charge is 0.444 e. The number of ether oxygens (including phenoxy) is 1. The summed E-state index contributed by atoms with van der Waals surface area (Å²) < 4.78 is 5.48. The molecule has 37 heavy (non-hydrogen) atoms. The summed E-state index contributed by atoms with van der Waals surface area (Å²) in [4.78, 5) is 42.4. The van der Waals surface area contributed by atoms with Crippen LogP contribution in [0.15, 0.2) is 18.2 Å². The van der Waals surface area contributed by atoms with E-state index in [1.807, 2.05) is 46.8 Å². The molecule has 7 heteroatoms. The van der Waals surface area contributed by atoms with Gasteiger partial charge in [0.15, 0.2) is 0 Å². The summed E-state index contributed by atoms with van der Waals surface area (Å²) in [5, 5.41) is 5.97. The predicted octanol–water partition coefficient (Wildman–Crippen LogP) is 6.22. The number of amides is 3. The molecule has 0 radical (unpaired) electrons. The summed E-state index contributed by atoms with van der Waals surface area (Å²) in [5.41, 5.74) is 2.15. The van der Waals surface area contributed by atoms with E-state index in [1.165, 1.54) is 0 Å². The molecular formula is C30H51N3O4. The minimum absolute atomic E-state index is 0.0146. The molecule has 3 amide bonds. The minimum atomic E-state index is -0.814. The van der Waals surface area contributed by atoms with Crippen molar-refractivity contribution in [1.29, 1.82) is 0 Å². The van der Waals surface area contributed by atoms with Crippen LogP contribution in [-0.2, 0) is 14.3 Å². The van der Waals surface area contributed by atoms with Crippen LogP contribution in [0.2, 0.25) is 0 Å². The second kappa shape index (κ2) is 15.0. The fourth-order valence-electron chi connectivity index (χ4n) is 4.46. The van der Waals surface area contributed by atoms with Gasteiger partial charge in [0.2, 0.25) is 11.8 Å². The number of hydrogen-bond donors (Lipinski definition) is 2. The van der Waals surface area contributed by atoms with Crippen LogP contribution in [0, 0.1) is 19.8 Å². The zero-order valence-electron chi connectivity index (χ0n) is 24.9. The van der Waals surface area contributed by atoms with E-state index in [-0.39, 0.29) is 23.8 Å². The van der Waals surface area contributed by atoms with Gasteiger partial charge < -0.3 is 20.3 Å². The van der Waals surface area contributed by atoms with Gasteiger partial charge in [-0.2, -0.15) is 0 Å². The lowest BCUT2D eigenvalue weighted by Gasteiger charge is -2.36. The van der Waals surface area contributed by atoms with Gasteiger partial charge >= 0.3 is 6.09 Å². The lowest BCUT2D eigenvalue weighted by molar-refractivity contribution is -0.143. The maximum absolute atomic E-state index is 14.2. The molecule has 1 rings (SSSR count). The number of aryl methyl sites for hydroxylation is 2. The molecule has 0 aliphatic heterocycles. The third-order valence-electron chi connectivity index (χ3n) is 6.42. The molecule has 210 valence electrons. The molecule has 4 unspecified atom stereocenters.